The lowest BCUT2D eigenvalue weighted by Crippen LogP contribution is -2.74. The van der Waals surface area contributed by atoms with Gasteiger partial charge in [0.2, 0.25) is 0 Å². The van der Waals surface area contributed by atoms with Crippen molar-refractivity contribution in [1.29, 1.82) is 0 Å². The topological polar surface area (TPSA) is 12.4 Å². The van der Waals surface area contributed by atoms with E-state index in [9.17, 15) is 0 Å². The minimum atomic E-state index is -3.04. The molecule has 0 aliphatic carbocycles. The highest BCUT2D eigenvalue weighted by Gasteiger charge is 3.11. The van der Waals surface area contributed by atoms with E-state index in [-0.39, 0.29) is 0 Å². The Hall–Kier alpha value is -3.58. The lowest BCUT2D eigenvalue weighted by molar-refractivity contribution is 0.809. The van der Waals surface area contributed by atoms with Gasteiger partial charge in [0.15, 0.2) is 0 Å². The zero-order valence-electron chi connectivity index (χ0n) is 51.2. The van der Waals surface area contributed by atoms with E-state index in [0.717, 1.165) is 0 Å². The lowest BCUT2D eigenvalue weighted by atomic mass is 9.89. The van der Waals surface area contributed by atoms with Crippen LogP contribution in [0.3, 0.4) is 0 Å². The Labute approximate surface area is 450 Å². The number of nitrogens with zero attached hydrogens (tertiary/aromatic N) is 1. The molecule has 1 nitrogen and oxygen atoms in total. The van der Waals surface area contributed by atoms with Crippen molar-refractivity contribution in [3.05, 3.63) is 145 Å². The van der Waals surface area contributed by atoms with E-state index < -0.39 is 21.3 Å². The fourth-order valence-corrected chi connectivity index (χ4v) is 92.7. The molecule has 394 valence electrons. The molecule has 0 bridgehead atoms. The summed E-state index contributed by atoms with van der Waals surface area (Å²) >= 11 is 0. The van der Waals surface area contributed by atoms with Crippen molar-refractivity contribution >= 4 is 52.7 Å². The average molecular weight is 1030 g/mol. The quantitative estimate of drug-likeness (QED) is 0.0823. The van der Waals surface area contributed by atoms with Crippen molar-refractivity contribution < 1.29 is 0 Å². The first-order valence-corrected chi connectivity index (χ1v) is 38.4. The Kier molecular flexibility index (Phi) is 16.2. The second-order valence-electron chi connectivity index (χ2n) is 27.1. The SMILES string of the molecule is Cc1cccc(C)c1N=C1[Si]2(c3c(C(C)C)cc(C(C)C)cc3C(C)C)[Si]1(c1c(C(C)C)cc(C(C)C)cc1C(C)C)[Si]2(c1c(C(C)C)cc(C(C)C)cc1C(C)C)c1c(C(C)C)cc(C(C)C)cc1C(C)C. The van der Waals surface area contributed by atoms with Gasteiger partial charge in [-0.15, -0.1) is 0 Å². The molecule has 0 amide bonds. The summed E-state index contributed by atoms with van der Waals surface area (Å²) in [5, 5.41) is 7.38. The van der Waals surface area contributed by atoms with Crippen LogP contribution in [0, 0.1) is 13.8 Å². The van der Waals surface area contributed by atoms with Gasteiger partial charge in [-0.1, -0.05) is 254 Å². The van der Waals surface area contributed by atoms with E-state index in [1.807, 2.05) is 20.7 Å². The van der Waals surface area contributed by atoms with Crippen LogP contribution in [0.15, 0.2) is 71.7 Å². The summed E-state index contributed by atoms with van der Waals surface area (Å²) in [4.78, 5) is 8.35. The van der Waals surface area contributed by atoms with E-state index in [2.05, 4.69) is 247 Å². The minimum Gasteiger partial charge on any atom is -0.267 e. The summed E-state index contributed by atoms with van der Waals surface area (Å²) in [6, 6.07) is 29.0. The molecule has 0 saturated carbocycles. The van der Waals surface area contributed by atoms with Crippen LogP contribution in [0.2, 0.25) is 0 Å². The molecule has 2 atom stereocenters. The van der Waals surface area contributed by atoms with Crippen LogP contribution in [0.5, 0.6) is 0 Å². The molecule has 0 aromatic heterocycles. The molecule has 2 heterocycles. The summed E-state index contributed by atoms with van der Waals surface area (Å²) < 4.78 is 0. The Morgan fingerprint density at radius 1 is 0.274 bits per heavy atom. The molecule has 2 unspecified atom stereocenters. The van der Waals surface area contributed by atoms with Crippen molar-refractivity contribution in [2.24, 2.45) is 4.99 Å². The van der Waals surface area contributed by atoms with Gasteiger partial charge in [-0.2, -0.15) is 0 Å². The Balaban J connectivity index is 2.03. The highest BCUT2D eigenvalue weighted by molar-refractivity contribution is 8.48. The number of fused-ring (bicyclic) bond motifs is 1. The van der Waals surface area contributed by atoms with Gasteiger partial charge in [0.05, 0.1) is 5.69 Å². The van der Waals surface area contributed by atoms with E-state index in [1.54, 1.807) is 49.5 Å². The number of hydrogen-bond donors (Lipinski definition) is 0. The van der Waals surface area contributed by atoms with Gasteiger partial charge in [0, 0.05) is 0 Å². The van der Waals surface area contributed by atoms with Crippen LogP contribution in [0.25, 0.3) is 0 Å². The summed E-state index contributed by atoms with van der Waals surface area (Å²) in [6.07, 6.45) is 0. The standard InChI is InChI=1S/C69H101NSi3/c1-38(2)52-30-56(42(9)10)65(57(31-52)43(11)12)71(66-58(44(13)14)32-53(39(3)4)33-59(66)45(15)16)72(67-60(46(17)18)34-54(40(5)6)35-61(67)47(19)20)69(70-64-50(25)28-27-29-51(64)26)73(71,72)68-62(48(21)22)36-55(41(7)8)37-63(68)49(23)24/h27-49H,1-26H3. The molecule has 5 aromatic carbocycles. The predicted octanol–water partition coefficient (Wildman–Crippen LogP) is 18.2. The number of rotatable bonds is 17. The van der Waals surface area contributed by atoms with Crippen molar-refractivity contribution in [3.63, 3.8) is 0 Å². The largest absolute Gasteiger partial charge is 0.267 e. The highest BCUT2D eigenvalue weighted by atomic mass is 30.2. The maximum atomic E-state index is 6.63. The molecule has 2 aliphatic heterocycles. The summed E-state index contributed by atoms with van der Waals surface area (Å²) in [5.74, 6) is 4.64. The van der Waals surface area contributed by atoms with E-state index in [0.29, 0.717) is 71.0 Å². The number of aryl methyl sites for hydroxylation is 2. The molecule has 73 heavy (non-hydrogen) atoms. The first-order chi connectivity index (χ1) is 34.0. The Morgan fingerprint density at radius 2 is 0.466 bits per heavy atom. The third-order valence-corrected chi connectivity index (χ3v) is 65.0. The van der Waals surface area contributed by atoms with Crippen molar-refractivity contribution in [2.75, 3.05) is 0 Å². The first-order valence-electron chi connectivity index (χ1n) is 29.4. The normalized spacial score (nSPS) is 18.6. The molecule has 2 aliphatic rings. The molecule has 0 N–H and O–H groups in total. The highest BCUT2D eigenvalue weighted by Crippen LogP contribution is 2.70. The molecule has 7 rings (SSSR count). The van der Waals surface area contributed by atoms with Gasteiger partial charge >= 0.3 is 0 Å². The predicted molar refractivity (Wildman–Crippen MR) is 334 cm³/mol. The monoisotopic (exact) mass is 1030 g/mol. The molecular formula is C69H101NSi3. The molecule has 2 saturated heterocycles. The van der Waals surface area contributed by atoms with Gasteiger partial charge in [-0.3, -0.25) is 4.99 Å². The van der Waals surface area contributed by atoms with Gasteiger partial charge in [-0.05, 0) is 168 Å². The Bertz CT molecular complexity index is 2610. The summed E-state index contributed by atoms with van der Waals surface area (Å²) in [7, 11) is -8.98. The van der Waals surface area contributed by atoms with Crippen LogP contribution in [0.4, 0.5) is 5.69 Å². The smallest absolute Gasteiger partial charge is 0.135 e. The fourth-order valence-electron chi connectivity index (χ4n) is 13.9. The molecule has 4 heteroatoms. The van der Waals surface area contributed by atoms with Gasteiger partial charge in [-0.25, -0.2) is 0 Å². The van der Waals surface area contributed by atoms with Gasteiger partial charge < -0.3 is 0 Å². The zero-order chi connectivity index (χ0) is 54.5. The van der Waals surface area contributed by atoms with Crippen molar-refractivity contribution in [2.45, 2.75) is 251 Å². The van der Waals surface area contributed by atoms with Gasteiger partial charge in [0.25, 0.3) is 0 Å². The fraction of sp³-hybridized carbons (Fsp3) is 0.551. The summed E-state index contributed by atoms with van der Waals surface area (Å²) in [6.45, 7) is 64.9. The number of benzene rings is 5. The molecule has 5 aromatic rings. The van der Waals surface area contributed by atoms with Crippen molar-refractivity contribution in [1.82, 2.24) is 0 Å². The van der Waals surface area contributed by atoms with Crippen LogP contribution in [-0.4, -0.2) is 26.3 Å². The van der Waals surface area contributed by atoms with Crippen LogP contribution in [-0.2, 0) is 0 Å². The number of para-hydroxylation sites is 1. The van der Waals surface area contributed by atoms with E-state index in [1.165, 1.54) is 39.1 Å². The lowest BCUT2D eigenvalue weighted by Gasteiger charge is -2.42. The molecule has 0 radical (unpaired) electrons. The maximum absolute atomic E-state index is 6.63. The third kappa shape index (κ3) is 8.78. The maximum Gasteiger partial charge on any atom is 0.135 e. The van der Waals surface area contributed by atoms with Crippen molar-refractivity contribution in [3.8, 4) is 0 Å². The zero-order valence-corrected chi connectivity index (χ0v) is 54.2. The Morgan fingerprint density at radius 3 is 0.644 bits per heavy atom. The van der Waals surface area contributed by atoms with E-state index in [4.69, 9.17) is 4.99 Å². The van der Waals surface area contributed by atoms with Crippen LogP contribution < -0.4 is 20.7 Å². The second kappa shape index (κ2) is 20.8. The molecular weight excluding hydrogens is 927 g/mol. The first kappa shape index (κ1) is 57.1. The number of aliphatic imine (C=N–C) groups is 1. The molecule has 0 spiro atoms. The van der Waals surface area contributed by atoms with Gasteiger partial charge in [0.1, 0.15) is 21.3 Å². The second-order valence-corrected chi connectivity index (χ2v) is 53.1. The molecule has 2 fully saturated rings. The van der Waals surface area contributed by atoms with Crippen LogP contribution >= 0.6 is 0 Å². The average Bonchev–Trinajstić information content (AvgIpc) is 4.11. The number of hydrogen-bond acceptors (Lipinski definition) is 1. The van der Waals surface area contributed by atoms with E-state index >= 15 is 0 Å². The third-order valence-electron chi connectivity index (χ3n) is 18.0. The summed E-state index contributed by atoms with van der Waals surface area (Å²) in [5.41, 5.74) is 23.1. The minimum absolute atomic E-state index is 0.362. The van der Waals surface area contributed by atoms with Crippen LogP contribution in [0.1, 0.15) is 315 Å².